The molecule has 17 heavy (non-hydrogen) atoms. The van der Waals surface area contributed by atoms with Gasteiger partial charge >= 0.3 is 5.97 Å². The Balaban J connectivity index is 3.14. The van der Waals surface area contributed by atoms with Gasteiger partial charge in [0.2, 0.25) is 5.71 Å². The van der Waals surface area contributed by atoms with Gasteiger partial charge in [0, 0.05) is 6.07 Å². The van der Waals surface area contributed by atoms with Crippen LogP contribution in [0.1, 0.15) is 12.7 Å². The number of hydrogen-bond donors (Lipinski definition) is 1. The lowest BCUT2D eigenvalue weighted by Crippen LogP contribution is -2.22. The van der Waals surface area contributed by atoms with Crippen molar-refractivity contribution in [1.82, 2.24) is 9.97 Å². The van der Waals surface area contributed by atoms with Crippen LogP contribution in [0, 0.1) is 0 Å². The van der Waals surface area contributed by atoms with Crippen molar-refractivity contribution >= 4 is 29.1 Å². The molecule has 0 aromatic carbocycles. The lowest BCUT2D eigenvalue weighted by Gasteiger charge is -2.04. The first-order chi connectivity index (χ1) is 8.08. The van der Waals surface area contributed by atoms with E-state index in [1.54, 1.807) is 6.92 Å². The van der Waals surface area contributed by atoms with Gasteiger partial charge in [0.1, 0.15) is 18.1 Å². The minimum atomic E-state index is -0.712. The Morgan fingerprint density at radius 2 is 2.29 bits per heavy atom. The van der Waals surface area contributed by atoms with Crippen LogP contribution in [0.4, 0.5) is 5.82 Å². The van der Waals surface area contributed by atoms with Crippen molar-refractivity contribution in [3.05, 3.63) is 17.0 Å². The van der Waals surface area contributed by atoms with Crippen LogP contribution in [0.2, 0.25) is 5.15 Å². The number of rotatable bonds is 4. The molecule has 1 rings (SSSR count). The van der Waals surface area contributed by atoms with Crippen LogP contribution in [0.25, 0.3) is 0 Å². The molecule has 0 aliphatic rings. The number of hydrogen-bond acceptors (Lipinski definition) is 7. The molecular weight excluding hydrogens is 248 g/mol. The minimum absolute atomic E-state index is 0.0460. The molecule has 0 saturated heterocycles. The fourth-order valence-corrected chi connectivity index (χ4v) is 1.19. The number of esters is 1. The van der Waals surface area contributed by atoms with Crippen molar-refractivity contribution in [2.45, 2.75) is 6.92 Å². The third-order valence-corrected chi connectivity index (χ3v) is 1.77. The highest BCUT2D eigenvalue weighted by Gasteiger charge is 2.20. The molecule has 0 aliphatic heterocycles. The van der Waals surface area contributed by atoms with Gasteiger partial charge in [-0.2, -0.15) is 0 Å². The molecule has 2 N–H and O–H groups in total. The number of ether oxygens (including phenoxy) is 1. The van der Waals surface area contributed by atoms with Gasteiger partial charge in [-0.15, -0.1) is 0 Å². The van der Waals surface area contributed by atoms with Crippen LogP contribution in [0.3, 0.4) is 0 Å². The number of carbonyl (C=O) groups excluding carboxylic acids is 1. The molecule has 1 aromatic heterocycles. The summed E-state index contributed by atoms with van der Waals surface area (Å²) < 4.78 is 4.78. The second-order valence-electron chi connectivity index (χ2n) is 2.78. The summed E-state index contributed by atoms with van der Waals surface area (Å²) in [6, 6.07) is 1.35. The van der Waals surface area contributed by atoms with E-state index in [1.165, 1.54) is 13.2 Å². The van der Waals surface area contributed by atoms with E-state index >= 15 is 0 Å². The van der Waals surface area contributed by atoms with Crippen molar-refractivity contribution in [3.8, 4) is 0 Å². The summed E-state index contributed by atoms with van der Waals surface area (Å²) in [4.78, 5) is 23.7. The molecule has 1 heterocycles. The zero-order valence-corrected chi connectivity index (χ0v) is 10.1. The zero-order valence-electron chi connectivity index (χ0n) is 9.31. The third-order valence-electron chi connectivity index (χ3n) is 1.58. The quantitative estimate of drug-likeness (QED) is 0.368. The Labute approximate surface area is 103 Å². The molecular formula is C9H11ClN4O3. The summed E-state index contributed by atoms with van der Waals surface area (Å²) in [5.41, 5.74) is 5.29. The van der Waals surface area contributed by atoms with Crippen LogP contribution in [-0.2, 0) is 14.4 Å². The first-order valence-electron chi connectivity index (χ1n) is 4.67. The number of oxime groups is 1. The molecule has 92 valence electrons. The van der Waals surface area contributed by atoms with Gasteiger partial charge in [-0.25, -0.2) is 14.8 Å². The lowest BCUT2D eigenvalue weighted by molar-refractivity contribution is -0.135. The fourth-order valence-electron chi connectivity index (χ4n) is 1.00. The van der Waals surface area contributed by atoms with E-state index < -0.39 is 5.97 Å². The van der Waals surface area contributed by atoms with E-state index in [0.29, 0.717) is 0 Å². The van der Waals surface area contributed by atoms with Gasteiger partial charge < -0.3 is 15.3 Å². The van der Waals surface area contributed by atoms with E-state index in [2.05, 4.69) is 20.0 Å². The topological polar surface area (TPSA) is 99.7 Å². The van der Waals surface area contributed by atoms with Crippen molar-refractivity contribution in [2.75, 3.05) is 19.5 Å². The maximum absolute atomic E-state index is 11.6. The molecule has 7 nitrogen and oxygen atoms in total. The molecule has 0 atom stereocenters. The molecule has 1 aromatic rings. The summed E-state index contributed by atoms with van der Waals surface area (Å²) in [6.07, 6.45) is 0. The Hall–Kier alpha value is -1.89. The highest BCUT2D eigenvalue weighted by molar-refractivity contribution is 6.42. The van der Waals surface area contributed by atoms with Gasteiger partial charge in [0.05, 0.1) is 6.61 Å². The molecule has 0 aliphatic carbocycles. The number of anilines is 1. The summed E-state index contributed by atoms with van der Waals surface area (Å²) in [6.45, 7) is 1.85. The number of nitrogens with zero attached hydrogens (tertiary/aromatic N) is 3. The summed E-state index contributed by atoms with van der Waals surface area (Å²) >= 11 is 5.70. The highest BCUT2D eigenvalue weighted by atomic mass is 35.5. The molecule has 0 fully saturated rings. The van der Waals surface area contributed by atoms with E-state index in [0.717, 1.165) is 0 Å². The van der Waals surface area contributed by atoms with Crippen molar-refractivity contribution < 1.29 is 14.4 Å². The molecule has 0 saturated carbocycles. The van der Waals surface area contributed by atoms with Gasteiger partial charge in [-0.3, -0.25) is 0 Å². The summed E-state index contributed by atoms with van der Waals surface area (Å²) in [5.74, 6) is -0.639. The lowest BCUT2D eigenvalue weighted by atomic mass is 10.3. The number of carbonyl (C=O) groups is 1. The predicted molar refractivity (Wildman–Crippen MR) is 61.6 cm³/mol. The van der Waals surface area contributed by atoms with Crippen molar-refractivity contribution in [3.63, 3.8) is 0 Å². The third kappa shape index (κ3) is 3.56. The Morgan fingerprint density at radius 1 is 1.59 bits per heavy atom. The minimum Gasteiger partial charge on any atom is -0.461 e. The second-order valence-corrected chi connectivity index (χ2v) is 3.17. The van der Waals surface area contributed by atoms with Gasteiger partial charge in [0.25, 0.3) is 0 Å². The van der Waals surface area contributed by atoms with Crippen LogP contribution in [0.5, 0.6) is 0 Å². The molecule has 0 bridgehead atoms. The van der Waals surface area contributed by atoms with E-state index in [1.807, 2.05) is 0 Å². The normalized spacial score (nSPS) is 11.1. The predicted octanol–water partition coefficient (Wildman–Crippen LogP) is 0.626. The van der Waals surface area contributed by atoms with E-state index in [9.17, 15) is 4.79 Å². The smallest absolute Gasteiger partial charge is 0.364 e. The number of nitrogen functional groups attached to an aromatic ring is 1. The van der Waals surface area contributed by atoms with Crippen LogP contribution < -0.4 is 5.73 Å². The molecule has 0 radical (unpaired) electrons. The highest BCUT2D eigenvalue weighted by Crippen LogP contribution is 2.10. The Morgan fingerprint density at radius 3 is 2.82 bits per heavy atom. The number of aromatic nitrogens is 2. The summed E-state index contributed by atoms with van der Waals surface area (Å²) in [7, 11) is 1.28. The van der Waals surface area contributed by atoms with E-state index in [4.69, 9.17) is 22.1 Å². The largest absolute Gasteiger partial charge is 0.461 e. The summed E-state index contributed by atoms with van der Waals surface area (Å²) in [5, 5.41) is 3.60. The second kappa shape index (κ2) is 6.00. The standard InChI is InChI=1S/C9H11ClN4O3/c1-3-17-9(15)7(14-16-2)8-12-5(10)4-6(11)13-8/h4H,3H2,1-2H3,(H2,11,12,13). The molecule has 8 heteroatoms. The SMILES string of the molecule is CCOC(=O)C(=NOC)c1nc(N)cc(Cl)n1. The van der Waals surface area contributed by atoms with Crippen molar-refractivity contribution in [2.24, 2.45) is 5.16 Å². The van der Waals surface area contributed by atoms with Crippen LogP contribution in [-0.4, -0.2) is 35.4 Å². The average Bonchev–Trinajstić information content (AvgIpc) is 2.24. The van der Waals surface area contributed by atoms with Crippen LogP contribution in [0.15, 0.2) is 11.2 Å². The number of nitrogens with two attached hydrogens (primary N) is 1. The first-order valence-corrected chi connectivity index (χ1v) is 5.05. The van der Waals surface area contributed by atoms with Gasteiger partial charge in [-0.1, -0.05) is 16.8 Å². The molecule has 0 unspecified atom stereocenters. The van der Waals surface area contributed by atoms with Crippen LogP contribution >= 0.6 is 11.6 Å². The maximum Gasteiger partial charge on any atom is 0.364 e. The first kappa shape index (κ1) is 13.2. The average molecular weight is 259 g/mol. The Kier molecular flexibility index (Phi) is 4.65. The molecule has 0 spiro atoms. The Bertz CT molecular complexity index is 430. The fraction of sp³-hybridized carbons (Fsp3) is 0.333. The monoisotopic (exact) mass is 258 g/mol. The van der Waals surface area contributed by atoms with Crippen molar-refractivity contribution in [1.29, 1.82) is 0 Å². The number of halogens is 1. The maximum atomic E-state index is 11.6. The molecule has 0 amide bonds. The van der Waals surface area contributed by atoms with Gasteiger partial charge in [-0.05, 0) is 6.92 Å². The van der Waals surface area contributed by atoms with Gasteiger partial charge in [0.15, 0.2) is 5.82 Å². The zero-order chi connectivity index (χ0) is 12.8. The van der Waals surface area contributed by atoms with E-state index in [-0.39, 0.29) is 29.1 Å².